The van der Waals surface area contributed by atoms with E-state index in [0.29, 0.717) is 5.95 Å². The van der Waals surface area contributed by atoms with E-state index in [-0.39, 0.29) is 0 Å². The normalized spacial score (nSPS) is 21.7. The summed E-state index contributed by atoms with van der Waals surface area (Å²) in [6.45, 7) is 7.12. The largest absolute Gasteiger partial charge is 0.368 e. The van der Waals surface area contributed by atoms with Crippen LogP contribution in [0.15, 0.2) is 0 Å². The van der Waals surface area contributed by atoms with Gasteiger partial charge in [-0.25, -0.2) is 0 Å². The molecule has 0 unspecified atom stereocenters. The van der Waals surface area contributed by atoms with Gasteiger partial charge in [0.15, 0.2) is 0 Å². The molecule has 2 saturated heterocycles. The van der Waals surface area contributed by atoms with Gasteiger partial charge in [0.05, 0.1) is 6.54 Å². The lowest BCUT2D eigenvalue weighted by Crippen LogP contribution is -2.44. The molecule has 7 heteroatoms. The zero-order valence-electron chi connectivity index (χ0n) is 12.8. The molecular weight excluding hydrogens is 266 g/mol. The van der Waals surface area contributed by atoms with Crippen LogP contribution >= 0.6 is 0 Å². The van der Waals surface area contributed by atoms with E-state index in [9.17, 15) is 0 Å². The molecule has 0 atom stereocenters. The molecule has 2 fully saturated rings. The van der Waals surface area contributed by atoms with E-state index in [1.165, 1.54) is 19.3 Å². The van der Waals surface area contributed by atoms with E-state index < -0.39 is 0 Å². The molecule has 1 aromatic heterocycles. The number of nitrogens with zero attached hydrogens (tertiary/aromatic N) is 6. The fourth-order valence-electron chi connectivity index (χ4n) is 2.94. The standard InChI is InChI=1S/C14H25N7/c1-19-7-9-20(10-8-19)11-12-16-13(15)18-14(17-12)21-5-3-2-4-6-21/h2-11H2,1H3,(H2,15,16,17,18). The van der Waals surface area contributed by atoms with Crippen LogP contribution in [0, 0.1) is 0 Å². The molecule has 21 heavy (non-hydrogen) atoms. The molecular formula is C14H25N7. The molecule has 0 saturated carbocycles. The van der Waals surface area contributed by atoms with Crippen molar-refractivity contribution < 1.29 is 0 Å². The van der Waals surface area contributed by atoms with Gasteiger partial charge in [-0.15, -0.1) is 0 Å². The second-order valence-corrected chi connectivity index (χ2v) is 6.04. The van der Waals surface area contributed by atoms with Crippen molar-refractivity contribution in [3.8, 4) is 0 Å². The predicted molar refractivity (Wildman–Crippen MR) is 83.1 cm³/mol. The highest BCUT2D eigenvalue weighted by atomic mass is 15.3. The van der Waals surface area contributed by atoms with Crippen molar-refractivity contribution in [3.63, 3.8) is 0 Å². The minimum absolute atomic E-state index is 0.342. The number of aromatic nitrogens is 3. The summed E-state index contributed by atoms with van der Waals surface area (Å²) in [7, 11) is 2.16. The summed E-state index contributed by atoms with van der Waals surface area (Å²) in [4.78, 5) is 20.2. The molecule has 0 bridgehead atoms. The van der Waals surface area contributed by atoms with Gasteiger partial charge in [0, 0.05) is 39.3 Å². The minimum atomic E-state index is 0.342. The van der Waals surface area contributed by atoms with Crippen molar-refractivity contribution in [2.75, 3.05) is 56.9 Å². The maximum atomic E-state index is 5.88. The molecule has 2 aliphatic rings. The Bertz CT molecular complexity index is 464. The van der Waals surface area contributed by atoms with Gasteiger partial charge in [-0.3, -0.25) is 4.90 Å². The first kappa shape index (κ1) is 14.5. The smallest absolute Gasteiger partial charge is 0.230 e. The minimum Gasteiger partial charge on any atom is -0.368 e. The Morgan fingerprint density at radius 3 is 2.33 bits per heavy atom. The highest BCUT2D eigenvalue weighted by molar-refractivity contribution is 5.35. The molecule has 7 nitrogen and oxygen atoms in total. The quantitative estimate of drug-likeness (QED) is 0.852. The number of piperazine rings is 1. The van der Waals surface area contributed by atoms with Crippen LogP contribution in [-0.2, 0) is 6.54 Å². The number of nitrogen functional groups attached to an aromatic ring is 1. The number of hydrogen-bond acceptors (Lipinski definition) is 7. The highest BCUT2D eigenvalue weighted by Crippen LogP contribution is 2.17. The van der Waals surface area contributed by atoms with Gasteiger partial charge in [-0.2, -0.15) is 15.0 Å². The maximum absolute atomic E-state index is 5.88. The van der Waals surface area contributed by atoms with E-state index in [2.05, 4.69) is 36.7 Å². The molecule has 1 aromatic rings. The van der Waals surface area contributed by atoms with Crippen LogP contribution in [0.5, 0.6) is 0 Å². The van der Waals surface area contributed by atoms with E-state index in [4.69, 9.17) is 5.73 Å². The number of nitrogens with two attached hydrogens (primary N) is 1. The van der Waals surface area contributed by atoms with Gasteiger partial charge in [-0.05, 0) is 26.3 Å². The lowest BCUT2D eigenvalue weighted by molar-refractivity contribution is 0.145. The van der Waals surface area contributed by atoms with E-state index in [1.54, 1.807) is 0 Å². The lowest BCUT2D eigenvalue weighted by atomic mass is 10.1. The van der Waals surface area contributed by atoms with Crippen molar-refractivity contribution in [2.24, 2.45) is 0 Å². The Labute approximate surface area is 126 Å². The molecule has 2 N–H and O–H groups in total. The van der Waals surface area contributed by atoms with E-state index in [0.717, 1.165) is 57.6 Å². The monoisotopic (exact) mass is 291 g/mol. The molecule has 0 spiro atoms. The number of rotatable bonds is 3. The average Bonchev–Trinajstić information content (AvgIpc) is 2.50. The third-order valence-electron chi connectivity index (χ3n) is 4.29. The van der Waals surface area contributed by atoms with Gasteiger partial charge >= 0.3 is 0 Å². The molecule has 3 rings (SSSR count). The average molecular weight is 291 g/mol. The molecule has 0 aliphatic carbocycles. The van der Waals surface area contributed by atoms with E-state index >= 15 is 0 Å². The lowest BCUT2D eigenvalue weighted by Gasteiger charge is -2.32. The Hall–Kier alpha value is -1.47. The number of piperidine rings is 1. The van der Waals surface area contributed by atoms with Crippen molar-refractivity contribution >= 4 is 11.9 Å². The Balaban J connectivity index is 1.68. The van der Waals surface area contributed by atoms with Gasteiger partial charge in [0.25, 0.3) is 0 Å². The van der Waals surface area contributed by atoms with Crippen LogP contribution < -0.4 is 10.6 Å². The van der Waals surface area contributed by atoms with Gasteiger partial charge in [-0.1, -0.05) is 0 Å². The molecule has 2 aliphatic heterocycles. The van der Waals surface area contributed by atoms with Crippen LogP contribution in [-0.4, -0.2) is 71.1 Å². The first-order chi connectivity index (χ1) is 10.2. The predicted octanol–water partition coefficient (Wildman–Crippen LogP) is 0.192. The Kier molecular flexibility index (Phi) is 4.50. The summed E-state index contributed by atoms with van der Waals surface area (Å²) >= 11 is 0. The number of hydrogen-bond donors (Lipinski definition) is 1. The van der Waals surface area contributed by atoms with Crippen molar-refractivity contribution in [1.29, 1.82) is 0 Å². The fraction of sp³-hybridized carbons (Fsp3) is 0.786. The van der Waals surface area contributed by atoms with Crippen molar-refractivity contribution in [2.45, 2.75) is 25.8 Å². The summed E-state index contributed by atoms with van der Waals surface area (Å²) in [6.07, 6.45) is 3.71. The van der Waals surface area contributed by atoms with E-state index in [1.807, 2.05) is 0 Å². The van der Waals surface area contributed by atoms with Crippen LogP contribution in [0.2, 0.25) is 0 Å². The first-order valence-corrected chi connectivity index (χ1v) is 7.87. The fourth-order valence-corrected chi connectivity index (χ4v) is 2.94. The summed E-state index contributed by atoms with van der Waals surface area (Å²) < 4.78 is 0. The third-order valence-corrected chi connectivity index (χ3v) is 4.29. The van der Waals surface area contributed by atoms with Gasteiger partial charge < -0.3 is 15.5 Å². The molecule has 0 amide bonds. The first-order valence-electron chi connectivity index (χ1n) is 7.87. The van der Waals surface area contributed by atoms with Crippen LogP contribution in [0.25, 0.3) is 0 Å². The van der Waals surface area contributed by atoms with Gasteiger partial charge in [0.1, 0.15) is 5.82 Å². The number of likely N-dealkylation sites (N-methyl/N-ethyl adjacent to an activating group) is 1. The summed E-state index contributed by atoms with van der Waals surface area (Å²) in [5.41, 5.74) is 5.88. The third kappa shape index (κ3) is 3.79. The highest BCUT2D eigenvalue weighted by Gasteiger charge is 2.18. The van der Waals surface area contributed by atoms with Crippen molar-refractivity contribution in [3.05, 3.63) is 5.82 Å². The zero-order valence-corrected chi connectivity index (χ0v) is 12.8. The summed E-state index contributed by atoms with van der Waals surface area (Å²) in [5.74, 6) is 1.90. The topological polar surface area (TPSA) is 74.4 Å². The van der Waals surface area contributed by atoms with Gasteiger partial charge in [0.2, 0.25) is 11.9 Å². The molecule has 0 radical (unpaired) electrons. The summed E-state index contributed by atoms with van der Waals surface area (Å²) in [5, 5.41) is 0. The Morgan fingerprint density at radius 2 is 1.62 bits per heavy atom. The molecule has 0 aromatic carbocycles. The Morgan fingerprint density at radius 1 is 0.905 bits per heavy atom. The second kappa shape index (κ2) is 6.53. The zero-order chi connectivity index (χ0) is 14.7. The second-order valence-electron chi connectivity index (χ2n) is 6.04. The maximum Gasteiger partial charge on any atom is 0.230 e. The van der Waals surface area contributed by atoms with Crippen molar-refractivity contribution in [1.82, 2.24) is 24.8 Å². The SMILES string of the molecule is CN1CCN(Cc2nc(N)nc(N3CCCCC3)n2)CC1. The summed E-state index contributed by atoms with van der Waals surface area (Å²) in [6, 6.07) is 0. The van der Waals surface area contributed by atoms with Crippen LogP contribution in [0.1, 0.15) is 25.1 Å². The van der Waals surface area contributed by atoms with Crippen LogP contribution in [0.3, 0.4) is 0 Å². The molecule has 116 valence electrons. The van der Waals surface area contributed by atoms with Crippen LogP contribution in [0.4, 0.5) is 11.9 Å². The number of anilines is 2. The molecule has 3 heterocycles.